The maximum atomic E-state index is 12.0. The molecule has 0 aliphatic rings. The first-order chi connectivity index (χ1) is 14.2. The van der Waals surface area contributed by atoms with E-state index in [0.717, 1.165) is 38.7 Å². The Balaban J connectivity index is 1.51. The first-order valence-electron chi connectivity index (χ1n) is 9.08. The fourth-order valence-corrected chi connectivity index (χ4v) is 4.69. The maximum absolute atomic E-state index is 12.0. The van der Waals surface area contributed by atoms with Gasteiger partial charge in [-0.15, -0.1) is 10.2 Å². The van der Waals surface area contributed by atoms with Gasteiger partial charge in [0.25, 0.3) is 0 Å². The molecular formula is C21H19N3O3S2. The number of aromatic nitrogens is 2. The Morgan fingerprint density at radius 2 is 2.03 bits per heavy atom. The molecule has 0 fully saturated rings. The van der Waals surface area contributed by atoms with Gasteiger partial charge in [-0.05, 0) is 35.7 Å². The molecular weight excluding hydrogens is 406 g/mol. The fraction of sp³-hybridized carbons (Fsp3) is 0.190. The van der Waals surface area contributed by atoms with E-state index >= 15 is 0 Å². The third kappa shape index (κ3) is 4.44. The van der Waals surface area contributed by atoms with Crippen LogP contribution in [0.1, 0.15) is 18.1 Å². The second-order valence-corrected chi connectivity index (χ2v) is 8.46. The first kappa shape index (κ1) is 19.5. The number of hydrogen-bond acceptors (Lipinski definition) is 8. The van der Waals surface area contributed by atoms with Crippen molar-refractivity contribution in [2.75, 3.05) is 12.4 Å². The molecule has 2 heterocycles. The zero-order valence-corrected chi connectivity index (χ0v) is 17.6. The molecule has 1 N–H and O–H groups in total. The van der Waals surface area contributed by atoms with Gasteiger partial charge in [-0.2, -0.15) is 0 Å². The summed E-state index contributed by atoms with van der Waals surface area (Å²) in [4.78, 5) is 12.0. The summed E-state index contributed by atoms with van der Waals surface area (Å²) in [6.07, 6.45) is 0.894. The average molecular weight is 426 g/mol. The lowest BCUT2D eigenvalue weighted by molar-refractivity contribution is 0.417. The quantitative estimate of drug-likeness (QED) is 0.320. The van der Waals surface area contributed by atoms with Crippen molar-refractivity contribution in [2.45, 2.75) is 23.4 Å². The van der Waals surface area contributed by atoms with Crippen molar-refractivity contribution in [1.82, 2.24) is 10.2 Å². The molecule has 0 radical (unpaired) electrons. The van der Waals surface area contributed by atoms with Gasteiger partial charge in [-0.3, -0.25) is 0 Å². The fourth-order valence-electron chi connectivity index (χ4n) is 2.93. The van der Waals surface area contributed by atoms with Gasteiger partial charge in [0.05, 0.1) is 12.8 Å². The number of para-hydroxylation sites is 2. The molecule has 0 aliphatic heterocycles. The molecule has 29 heavy (non-hydrogen) atoms. The number of rotatable bonds is 7. The largest absolute Gasteiger partial charge is 0.495 e. The minimum Gasteiger partial charge on any atom is -0.495 e. The standard InChI is InChI=1S/C21H19N3O3S2/c1-3-13-8-9-15-14(11-19(25)27-18(15)10-13)12-28-21-24-23-20(29-21)22-16-6-4-5-7-17(16)26-2/h4-11H,3,12H2,1-2H3,(H,22,23). The van der Waals surface area contributed by atoms with E-state index in [-0.39, 0.29) is 5.63 Å². The van der Waals surface area contributed by atoms with Gasteiger partial charge in [0.2, 0.25) is 5.13 Å². The van der Waals surface area contributed by atoms with Crippen molar-refractivity contribution in [3.8, 4) is 5.75 Å². The van der Waals surface area contributed by atoms with E-state index in [1.807, 2.05) is 36.4 Å². The molecule has 0 atom stereocenters. The Morgan fingerprint density at radius 1 is 1.17 bits per heavy atom. The van der Waals surface area contributed by atoms with E-state index in [2.05, 4.69) is 28.5 Å². The highest BCUT2D eigenvalue weighted by Crippen LogP contribution is 2.33. The number of hydrogen-bond donors (Lipinski definition) is 1. The van der Waals surface area contributed by atoms with Crippen molar-refractivity contribution in [3.05, 3.63) is 70.1 Å². The molecule has 4 aromatic rings. The summed E-state index contributed by atoms with van der Waals surface area (Å²) in [5.41, 5.74) is 3.20. The van der Waals surface area contributed by atoms with Crippen molar-refractivity contribution in [2.24, 2.45) is 0 Å². The van der Waals surface area contributed by atoms with Crippen molar-refractivity contribution >= 4 is 44.9 Å². The molecule has 0 saturated heterocycles. The Labute approximate surface area is 175 Å². The molecule has 2 aromatic heterocycles. The predicted octanol–water partition coefficient (Wildman–Crippen LogP) is 5.25. The van der Waals surface area contributed by atoms with Crippen molar-refractivity contribution in [1.29, 1.82) is 0 Å². The van der Waals surface area contributed by atoms with Gasteiger partial charge >= 0.3 is 5.63 Å². The Kier molecular flexibility index (Phi) is 5.82. The number of anilines is 2. The van der Waals surface area contributed by atoms with Crippen LogP contribution in [0.2, 0.25) is 0 Å². The normalized spacial score (nSPS) is 11.0. The van der Waals surface area contributed by atoms with Gasteiger partial charge in [-0.1, -0.05) is 54.3 Å². The highest BCUT2D eigenvalue weighted by atomic mass is 32.2. The zero-order chi connectivity index (χ0) is 20.2. The third-order valence-corrected chi connectivity index (χ3v) is 6.43. The van der Waals surface area contributed by atoms with Gasteiger partial charge in [-0.25, -0.2) is 4.79 Å². The van der Waals surface area contributed by atoms with Crippen LogP contribution in [-0.4, -0.2) is 17.3 Å². The molecule has 6 nitrogen and oxygen atoms in total. The monoisotopic (exact) mass is 425 g/mol. The van der Waals surface area contributed by atoms with Crippen LogP contribution in [0.25, 0.3) is 11.0 Å². The lowest BCUT2D eigenvalue weighted by Gasteiger charge is -2.07. The summed E-state index contributed by atoms with van der Waals surface area (Å²) in [7, 11) is 1.63. The summed E-state index contributed by atoms with van der Waals surface area (Å²) < 4.78 is 11.5. The molecule has 4 rings (SSSR count). The average Bonchev–Trinajstić information content (AvgIpc) is 3.19. The molecule has 148 valence electrons. The minimum absolute atomic E-state index is 0.336. The highest BCUT2D eigenvalue weighted by molar-refractivity contribution is 8.00. The smallest absolute Gasteiger partial charge is 0.336 e. The summed E-state index contributed by atoms with van der Waals surface area (Å²) >= 11 is 3.00. The van der Waals surface area contributed by atoms with Crippen LogP contribution in [0.4, 0.5) is 10.8 Å². The molecule has 0 unspecified atom stereocenters. The zero-order valence-electron chi connectivity index (χ0n) is 16.0. The molecule has 0 saturated carbocycles. The number of thioether (sulfide) groups is 1. The van der Waals surface area contributed by atoms with Gasteiger partial charge in [0, 0.05) is 17.2 Å². The molecule has 0 aliphatic carbocycles. The van der Waals surface area contributed by atoms with Gasteiger partial charge < -0.3 is 14.5 Å². The van der Waals surface area contributed by atoms with Crippen LogP contribution in [0.15, 0.2) is 62.1 Å². The van der Waals surface area contributed by atoms with Crippen LogP contribution in [0, 0.1) is 0 Å². The lowest BCUT2D eigenvalue weighted by atomic mass is 10.1. The van der Waals surface area contributed by atoms with E-state index in [0.29, 0.717) is 16.5 Å². The number of benzene rings is 2. The second-order valence-electron chi connectivity index (χ2n) is 6.26. The lowest BCUT2D eigenvalue weighted by Crippen LogP contribution is -2.00. The summed E-state index contributed by atoms with van der Waals surface area (Å²) in [6.45, 7) is 2.07. The summed E-state index contributed by atoms with van der Waals surface area (Å²) in [5, 5.41) is 13.3. The Hall–Kier alpha value is -2.84. The second kappa shape index (κ2) is 8.67. The number of aryl methyl sites for hydroxylation is 1. The van der Waals surface area contributed by atoms with Gasteiger partial charge in [0.15, 0.2) is 4.34 Å². The Morgan fingerprint density at radius 3 is 2.86 bits per heavy atom. The van der Waals surface area contributed by atoms with Crippen LogP contribution in [0.5, 0.6) is 5.75 Å². The van der Waals surface area contributed by atoms with E-state index in [1.54, 1.807) is 24.9 Å². The summed E-state index contributed by atoms with van der Waals surface area (Å²) in [5.74, 6) is 1.35. The topological polar surface area (TPSA) is 77.3 Å². The molecule has 0 spiro atoms. The van der Waals surface area contributed by atoms with Gasteiger partial charge in [0.1, 0.15) is 11.3 Å². The number of ether oxygens (including phenoxy) is 1. The number of methoxy groups -OCH3 is 1. The highest BCUT2D eigenvalue weighted by Gasteiger charge is 2.11. The first-order valence-corrected chi connectivity index (χ1v) is 10.9. The Bertz CT molecular complexity index is 1200. The summed E-state index contributed by atoms with van der Waals surface area (Å²) in [6, 6.07) is 15.2. The van der Waals surface area contributed by atoms with Crippen molar-refractivity contribution in [3.63, 3.8) is 0 Å². The third-order valence-electron chi connectivity index (χ3n) is 4.41. The van der Waals surface area contributed by atoms with Crippen LogP contribution in [-0.2, 0) is 12.2 Å². The molecule has 0 bridgehead atoms. The van der Waals surface area contributed by atoms with E-state index in [9.17, 15) is 4.79 Å². The predicted molar refractivity (Wildman–Crippen MR) is 118 cm³/mol. The van der Waals surface area contributed by atoms with E-state index in [1.165, 1.54) is 11.3 Å². The number of nitrogens with one attached hydrogen (secondary N) is 1. The molecule has 8 heteroatoms. The minimum atomic E-state index is -0.336. The number of nitrogens with zero attached hydrogens (tertiary/aromatic N) is 2. The molecule has 0 amide bonds. The van der Waals surface area contributed by atoms with Crippen molar-refractivity contribution < 1.29 is 9.15 Å². The van der Waals surface area contributed by atoms with Crippen LogP contribution >= 0.6 is 23.1 Å². The van der Waals surface area contributed by atoms with E-state index < -0.39 is 0 Å². The number of fused-ring (bicyclic) bond motifs is 1. The maximum Gasteiger partial charge on any atom is 0.336 e. The van der Waals surface area contributed by atoms with Crippen LogP contribution < -0.4 is 15.7 Å². The van der Waals surface area contributed by atoms with E-state index in [4.69, 9.17) is 9.15 Å². The SMILES string of the molecule is CCc1ccc2c(CSc3nnc(Nc4ccccc4OC)s3)cc(=O)oc2c1. The van der Waals surface area contributed by atoms with Crippen LogP contribution in [0.3, 0.4) is 0 Å². The molecule has 2 aromatic carbocycles.